The average molecular weight is 322 g/mol. The van der Waals surface area contributed by atoms with Crippen LogP contribution in [0.2, 0.25) is 0 Å². The molecule has 120 valence electrons. The number of nitrogens with zero attached hydrogens (tertiary/aromatic N) is 3. The van der Waals surface area contributed by atoms with Crippen LogP contribution in [0, 0.1) is 5.82 Å². The second kappa shape index (κ2) is 5.56. The normalized spacial score (nSPS) is 15.0. The largest absolute Gasteiger partial charge is 0.308 e. The monoisotopic (exact) mass is 322 g/mol. The summed E-state index contributed by atoms with van der Waals surface area (Å²) in [7, 11) is 0. The molecular weight excluding hydrogens is 307 g/mol. The molecule has 0 spiro atoms. The van der Waals surface area contributed by atoms with Gasteiger partial charge in [0.2, 0.25) is 5.91 Å². The van der Waals surface area contributed by atoms with E-state index in [2.05, 4.69) is 15.4 Å². The van der Waals surface area contributed by atoms with Crippen molar-refractivity contribution >= 4 is 11.7 Å². The molecule has 5 nitrogen and oxygen atoms in total. The first-order valence-corrected chi connectivity index (χ1v) is 7.72. The van der Waals surface area contributed by atoms with E-state index in [0.29, 0.717) is 24.2 Å². The van der Waals surface area contributed by atoms with Crippen LogP contribution in [-0.4, -0.2) is 20.7 Å². The molecular formula is C18H15FN4O. The van der Waals surface area contributed by atoms with Gasteiger partial charge in [0.25, 0.3) is 0 Å². The van der Waals surface area contributed by atoms with Crippen LogP contribution in [0.1, 0.15) is 18.4 Å². The molecule has 1 amide bonds. The molecule has 0 aliphatic heterocycles. The highest BCUT2D eigenvalue weighted by atomic mass is 19.1. The first-order chi connectivity index (χ1) is 11.7. The Balaban J connectivity index is 1.55. The van der Waals surface area contributed by atoms with Gasteiger partial charge in [-0.2, -0.15) is 5.10 Å². The summed E-state index contributed by atoms with van der Waals surface area (Å²) < 4.78 is 15.7. The average Bonchev–Trinajstić information content (AvgIpc) is 3.29. The number of pyridine rings is 1. The molecule has 24 heavy (non-hydrogen) atoms. The van der Waals surface area contributed by atoms with E-state index in [4.69, 9.17) is 0 Å². The van der Waals surface area contributed by atoms with Crippen LogP contribution in [-0.2, 0) is 10.2 Å². The highest BCUT2D eigenvalue weighted by Crippen LogP contribution is 2.49. The summed E-state index contributed by atoms with van der Waals surface area (Å²) in [4.78, 5) is 16.6. The summed E-state index contributed by atoms with van der Waals surface area (Å²) in [6, 6.07) is 11.8. The minimum Gasteiger partial charge on any atom is -0.308 e. The zero-order valence-corrected chi connectivity index (χ0v) is 12.8. The van der Waals surface area contributed by atoms with Gasteiger partial charge in [-0.05, 0) is 31.0 Å². The third-order valence-corrected chi connectivity index (χ3v) is 4.33. The number of halogens is 1. The number of rotatable bonds is 4. The summed E-state index contributed by atoms with van der Waals surface area (Å²) in [5.74, 6) is -0.112. The number of benzene rings is 1. The Hall–Kier alpha value is -3.02. The quantitative estimate of drug-likeness (QED) is 0.803. The van der Waals surface area contributed by atoms with Crippen molar-refractivity contribution in [1.82, 2.24) is 14.8 Å². The minimum absolute atomic E-state index is 0.215. The van der Waals surface area contributed by atoms with Gasteiger partial charge in [-0.25, -0.2) is 9.07 Å². The fourth-order valence-electron chi connectivity index (χ4n) is 2.86. The van der Waals surface area contributed by atoms with E-state index in [9.17, 15) is 9.18 Å². The van der Waals surface area contributed by atoms with E-state index in [-0.39, 0.29) is 11.7 Å². The van der Waals surface area contributed by atoms with E-state index in [1.165, 1.54) is 6.07 Å². The molecule has 2 heterocycles. The number of aromatic nitrogens is 3. The Labute approximate surface area is 138 Å². The number of hydrogen-bond donors (Lipinski definition) is 1. The van der Waals surface area contributed by atoms with Gasteiger partial charge in [0.05, 0.1) is 11.1 Å². The molecule has 1 aliphatic carbocycles. The summed E-state index contributed by atoms with van der Waals surface area (Å²) in [6.45, 7) is 0. The van der Waals surface area contributed by atoms with Crippen molar-refractivity contribution < 1.29 is 9.18 Å². The van der Waals surface area contributed by atoms with Crippen molar-refractivity contribution in [2.75, 3.05) is 5.32 Å². The molecule has 1 aromatic carbocycles. The molecule has 3 aromatic rings. The van der Waals surface area contributed by atoms with Crippen LogP contribution in [0.25, 0.3) is 5.69 Å². The van der Waals surface area contributed by atoms with Crippen molar-refractivity contribution in [3.8, 4) is 5.69 Å². The highest BCUT2D eigenvalue weighted by Gasteiger charge is 2.52. The van der Waals surface area contributed by atoms with E-state index < -0.39 is 5.41 Å². The van der Waals surface area contributed by atoms with Crippen LogP contribution < -0.4 is 5.32 Å². The molecule has 6 heteroatoms. The van der Waals surface area contributed by atoms with Crippen molar-refractivity contribution in [3.05, 3.63) is 72.4 Å². The Morgan fingerprint density at radius 3 is 2.58 bits per heavy atom. The van der Waals surface area contributed by atoms with Gasteiger partial charge in [0.1, 0.15) is 5.82 Å². The summed E-state index contributed by atoms with van der Waals surface area (Å²) in [5, 5.41) is 7.15. The molecule has 0 radical (unpaired) electrons. The second-order valence-corrected chi connectivity index (χ2v) is 5.87. The first kappa shape index (κ1) is 14.6. The lowest BCUT2D eigenvalue weighted by atomic mass is 9.94. The first-order valence-electron chi connectivity index (χ1n) is 7.72. The third-order valence-electron chi connectivity index (χ3n) is 4.33. The Kier molecular flexibility index (Phi) is 3.37. The summed E-state index contributed by atoms with van der Waals surface area (Å²) >= 11 is 0. The van der Waals surface area contributed by atoms with Crippen molar-refractivity contribution in [2.45, 2.75) is 18.3 Å². The third kappa shape index (κ3) is 2.46. The standard InChI is InChI=1S/C18H15FN4O/c19-15-4-2-1-3-14(15)18(8-9-18)17(24)21-16-7-12-23(22-16)13-5-10-20-11-6-13/h1-7,10-12H,8-9H2,(H,21,22,24). The lowest BCUT2D eigenvalue weighted by Gasteiger charge is -2.15. The molecule has 0 atom stereocenters. The fourth-order valence-corrected chi connectivity index (χ4v) is 2.86. The summed E-state index contributed by atoms with van der Waals surface area (Å²) in [6.07, 6.45) is 6.39. The van der Waals surface area contributed by atoms with Crippen LogP contribution in [0.15, 0.2) is 61.1 Å². The van der Waals surface area contributed by atoms with Crippen LogP contribution in [0.3, 0.4) is 0 Å². The van der Waals surface area contributed by atoms with Crippen molar-refractivity contribution in [3.63, 3.8) is 0 Å². The number of anilines is 1. The topological polar surface area (TPSA) is 59.8 Å². The van der Waals surface area contributed by atoms with Crippen LogP contribution in [0.4, 0.5) is 10.2 Å². The highest BCUT2D eigenvalue weighted by molar-refractivity contribution is 6.00. The number of carbonyl (C=O) groups is 1. The van der Waals surface area contributed by atoms with Gasteiger partial charge in [-0.3, -0.25) is 9.78 Å². The number of amides is 1. The molecule has 1 N–H and O–H groups in total. The van der Waals surface area contributed by atoms with Crippen LogP contribution in [0.5, 0.6) is 0 Å². The Bertz CT molecular complexity index is 887. The predicted molar refractivity (Wildman–Crippen MR) is 87.3 cm³/mol. The van der Waals surface area contributed by atoms with Crippen LogP contribution >= 0.6 is 0 Å². The molecule has 2 aromatic heterocycles. The predicted octanol–water partition coefficient (Wildman–Crippen LogP) is 3.08. The Morgan fingerprint density at radius 1 is 1.12 bits per heavy atom. The molecule has 1 aliphatic rings. The Morgan fingerprint density at radius 2 is 1.88 bits per heavy atom. The van der Waals surface area contributed by atoms with E-state index in [1.807, 2.05) is 12.1 Å². The van der Waals surface area contributed by atoms with Gasteiger partial charge in [-0.1, -0.05) is 18.2 Å². The molecule has 0 bridgehead atoms. The number of nitrogens with one attached hydrogen (secondary N) is 1. The maximum atomic E-state index is 14.0. The SMILES string of the molecule is O=C(Nc1ccn(-c2ccncc2)n1)C1(c2ccccc2F)CC1. The minimum atomic E-state index is -0.772. The second-order valence-electron chi connectivity index (χ2n) is 5.87. The van der Waals surface area contributed by atoms with E-state index >= 15 is 0 Å². The smallest absolute Gasteiger partial charge is 0.236 e. The van der Waals surface area contributed by atoms with E-state index in [0.717, 1.165) is 5.69 Å². The van der Waals surface area contributed by atoms with Crippen molar-refractivity contribution in [2.24, 2.45) is 0 Å². The van der Waals surface area contributed by atoms with Gasteiger partial charge >= 0.3 is 0 Å². The number of hydrogen-bond acceptors (Lipinski definition) is 3. The molecule has 4 rings (SSSR count). The zero-order chi connectivity index (χ0) is 16.6. The fraction of sp³-hybridized carbons (Fsp3) is 0.167. The van der Waals surface area contributed by atoms with Gasteiger partial charge < -0.3 is 5.32 Å². The van der Waals surface area contributed by atoms with Gasteiger partial charge in [0, 0.05) is 30.2 Å². The molecule has 1 fully saturated rings. The van der Waals surface area contributed by atoms with E-state index in [1.54, 1.807) is 47.5 Å². The molecule has 1 saturated carbocycles. The maximum Gasteiger partial charge on any atom is 0.236 e. The maximum absolute atomic E-state index is 14.0. The summed E-state index contributed by atoms with van der Waals surface area (Å²) in [5.41, 5.74) is 0.531. The van der Waals surface area contributed by atoms with Gasteiger partial charge in [-0.15, -0.1) is 0 Å². The van der Waals surface area contributed by atoms with Gasteiger partial charge in [0.15, 0.2) is 5.82 Å². The lowest BCUT2D eigenvalue weighted by Crippen LogP contribution is -2.29. The lowest BCUT2D eigenvalue weighted by molar-refractivity contribution is -0.118. The molecule has 0 saturated heterocycles. The van der Waals surface area contributed by atoms with Crippen molar-refractivity contribution in [1.29, 1.82) is 0 Å². The number of carbonyl (C=O) groups excluding carboxylic acids is 1. The molecule has 0 unspecified atom stereocenters. The zero-order valence-electron chi connectivity index (χ0n) is 12.8.